The van der Waals surface area contributed by atoms with Crippen LogP contribution in [0.3, 0.4) is 0 Å². The fourth-order valence-corrected chi connectivity index (χ4v) is 2.97. The molecule has 28 heavy (non-hydrogen) atoms. The minimum absolute atomic E-state index is 0.0363. The molecule has 0 spiro atoms. The van der Waals surface area contributed by atoms with E-state index in [-0.39, 0.29) is 17.7 Å². The van der Waals surface area contributed by atoms with Gasteiger partial charge in [-0.1, -0.05) is 37.6 Å². The van der Waals surface area contributed by atoms with Crippen molar-refractivity contribution in [1.29, 1.82) is 0 Å². The number of amides is 2. The van der Waals surface area contributed by atoms with Crippen molar-refractivity contribution in [3.63, 3.8) is 0 Å². The number of hydrogen-bond acceptors (Lipinski definition) is 3. The lowest BCUT2D eigenvalue weighted by Gasteiger charge is -2.22. The monoisotopic (exact) mass is 382 g/mol. The summed E-state index contributed by atoms with van der Waals surface area (Å²) in [4.78, 5) is 25.3. The Morgan fingerprint density at radius 3 is 2.29 bits per heavy atom. The van der Waals surface area contributed by atoms with Crippen molar-refractivity contribution in [3.05, 3.63) is 64.7 Å². The number of carbonyl (C=O) groups excluding carboxylic acids is 2. The Balaban J connectivity index is 2.01. The van der Waals surface area contributed by atoms with Gasteiger partial charge in [-0.15, -0.1) is 0 Å². The molecule has 0 fully saturated rings. The topological polar surface area (TPSA) is 67.4 Å². The van der Waals surface area contributed by atoms with Crippen LogP contribution in [0.1, 0.15) is 47.8 Å². The second-order valence-corrected chi connectivity index (χ2v) is 7.30. The fraction of sp³-hybridized carbons (Fsp3) is 0.391. The molecule has 0 aromatic heterocycles. The standard InChI is InChI=1S/C23H30N2O3/c1-6-28-20-11-9-18(10-12-20)22(26)25-21(15(2)3)23(27)24-14-19-8-7-16(4)13-17(19)5/h7-13,15,21H,6,14H2,1-5H3,(H,24,27)(H,25,26). The Labute approximate surface area is 167 Å². The zero-order chi connectivity index (χ0) is 20.7. The van der Waals surface area contributed by atoms with Gasteiger partial charge < -0.3 is 15.4 Å². The first-order valence-electron chi connectivity index (χ1n) is 9.69. The molecule has 5 nitrogen and oxygen atoms in total. The summed E-state index contributed by atoms with van der Waals surface area (Å²) in [7, 11) is 0. The summed E-state index contributed by atoms with van der Waals surface area (Å²) < 4.78 is 5.39. The second kappa shape index (κ2) is 9.93. The molecule has 2 amide bonds. The Bertz CT molecular complexity index is 813. The van der Waals surface area contributed by atoms with Gasteiger partial charge in [0.1, 0.15) is 11.8 Å². The molecular weight excluding hydrogens is 352 g/mol. The molecule has 1 unspecified atom stereocenters. The third-order valence-electron chi connectivity index (χ3n) is 4.61. The summed E-state index contributed by atoms with van der Waals surface area (Å²) >= 11 is 0. The van der Waals surface area contributed by atoms with Crippen molar-refractivity contribution >= 4 is 11.8 Å². The largest absolute Gasteiger partial charge is 0.494 e. The van der Waals surface area contributed by atoms with Crippen molar-refractivity contribution in [2.75, 3.05) is 6.61 Å². The van der Waals surface area contributed by atoms with Gasteiger partial charge in [0.2, 0.25) is 5.91 Å². The molecule has 1 atom stereocenters. The maximum atomic E-state index is 12.7. The molecule has 5 heteroatoms. The number of ether oxygens (including phenoxy) is 1. The van der Waals surface area contributed by atoms with Gasteiger partial charge in [-0.2, -0.15) is 0 Å². The van der Waals surface area contributed by atoms with Crippen LogP contribution in [0.25, 0.3) is 0 Å². The van der Waals surface area contributed by atoms with Crippen LogP contribution in [-0.4, -0.2) is 24.5 Å². The van der Waals surface area contributed by atoms with Crippen LogP contribution in [0.15, 0.2) is 42.5 Å². The van der Waals surface area contributed by atoms with Gasteiger partial charge in [0.25, 0.3) is 5.91 Å². The van der Waals surface area contributed by atoms with Crippen LogP contribution < -0.4 is 15.4 Å². The van der Waals surface area contributed by atoms with Crippen LogP contribution in [0.4, 0.5) is 0 Å². The van der Waals surface area contributed by atoms with Crippen LogP contribution in [0.5, 0.6) is 5.75 Å². The van der Waals surface area contributed by atoms with E-state index in [9.17, 15) is 9.59 Å². The van der Waals surface area contributed by atoms with E-state index in [1.54, 1.807) is 24.3 Å². The zero-order valence-corrected chi connectivity index (χ0v) is 17.3. The molecule has 0 saturated heterocycles. The summed E-state index contributed by atoms with van der Waals surface area (Å²) in [5, 5.41) is 5.80. The van der Waals surface area contributed by atoms with Crippen LogP contribution >= 0.6 is 0 Å². The second-order valence-electron chi connectivity index (χ2n) is 7.30. The van der Waals surface area contributed by atoms with Gasteiger partial charge in [0.15, 0.2) is 0 Å². The Morgan fingerprint density at radius 1 is 1.04 bits per heavy atom. The average Bonchev–Trinajstić information content (AvgIpc) is 2.65. The molecule has 2 N–H and O–H groups in total. The molecule has 0 aliphatic heterocycles. The van der Waals surface area contributed by atoms with Gasteiger partial charge in [0.05, 0.1) is 6.61 Å². The van der Waals surface area contributed by atoms with E-state index in [1.807, 2.05) is 46.8 Å². The van der Waals surface area contributed by atoms with E-state index in [1.165, 1.54) is 5.56 Å². The summed E-state index contributed by atoms with van der Waals surface area (Å²) in [5.41, 5.74) is 3.89. The first-order chi connectivity index (χ1) is 13.3. The molecule has 150 valence electrons. The van der Waals surface area contributed by atoms with E-state index >= 15 is 0 Å². The van der Waals surface area contributed by atoms with Gasteiger partial charge in [-0.25, -0.2) is 0 Å². The van der Waals surface area contributed by atoms with E-state index in [0.717, 1.165) is 11.1 Å². The quantitative estimate of drug-likeness (QED) is 0.730. The molecule has 0 aliphatic rings. The third kappa shape index (κ3) is 5.84. The van der Waals surface area contributed by atoms with Crippen molar-refractivity contribution in [2.24, 2.45) is 5.92 Å². The van der Waals surface area contributed by atoms with Gasteiger partial charge in [-0.3, -0.25) is 9.59 Å². The highest BCUT2D eigenvalue weighted by Crippen LogP contribution is 2.14. The molecule has 0 heterocycles. The lowest BCUT2D eigenvalue weighted by molar-refractivity contribution is -0.124. The highest BCUT2D eigenvalue weighted by Gasteiger charge is 2.24. The minimum Gasteiger partial charge on any atom is -0.494 e. The molecule has 0 bridgehead atoms. The highest BCUT2D eigenvalue weighted by atomic mass is 16.5. The SMILES string of the molecule is CCOc1ccc(C(=O)NC(C(=O)NCc2ccc(C)cc2C)C(C)C)cc1. The number of rotatable bonds is 8. The van der Waals surface area contributed by atoms with Crippen molar-refractivity contribution in [1.82, 2.24) is 10.6 Å². The summed E-state index contributed by atoms with van der Waals surface area (Å²) in [6, 6.07) is 12.4. The maximum absolute atomic E-state index is 12.7. The number of benzene rings is 2. The third-order valence-corrected chi connectivity index (χ3v) is 4.61. The van der Waals surface area contributed by atoms with E-state index < -0.39 is 6.04 Å². The highest BCUT2D eigenvalue weighted by molar-refractivity contribution is 5.97. The number of hydrogen-bond donors (Lipinski definition) is 2. The minimum atomic E-state index is -0.607. The van der Waals surface area contributed by atoms with Crippen LogP contribution in [-0.2, 0) is 11.3 Å². The predicted molar refractivity (Wildman–Crippen MR) is 111 cm³/mol. The first kappa shape index (κ1) is 21.5. The molecule has 0 radical (unpaired) electrons. The number of nitrogens with one attached hydrogen (secondary N) is 2. The van der Waals surface area contributed by atoms with Crippen molar-refractivity contribution < 1.29 is 14.3 Å². The molecule has 2 aromatic rings. The lowest BCUT2D eigenvalue weighted by atomic mass is 10.0. The smallest absolute Gasteiger partial charge is 0.251 e. The maximum Gasteiger partial charge on any atom is 0.251 e. The van der Waals surface area contributed by atoms with E-state index in [0.29, 0.717) is 24.5 Å². The molecule has 0 saturated carbocycles. The lowest BCUT2D eigenvalue weighted by Crippen LogP contribution is -2.49. The number of carbonyl (C=O) groups is 2. The van der Waals surface area contributed by atoms with Crippen LogP contribution in [0, 0.1) is 19.8 Å². The van der Waals surface area contributed by atoms with Crippen LogP contribution in [0.2, 0.25) is 0 Å². The fourth-order valence-electron chi connectivity index (χ4n) is 2.97. The van der Waals surface area contributed by atoms with Gasteiger partial charge >= 0.3 is 0 Å². The summed E-state index contributed by atoms with van der Waals surface area (Å²) in [6.07, 6.45) is 0. The van der Waals surface area contributed by atoms with E-state index in [2.05, 4.69) is 16.7 Å². The molecular formula is C23H30N2O3. The van der Waals surface area contributed by atoms with Gasteiger partial charge in [0, 0.05) is 12.1 Å². The normalized spacial score (nSPS) is 11.8. The Hall–Kier alpha value is -2.82. The Kier molecular flexibility index (Phi) is 7.61. The summed E-state index contributed by atoms with van der Waals surface area (Å²) in [5.74, 6) is 0.217. The van der Waals surface area contributed by atoms with Gasteiger partial charge in [-0.05, 0) is 62.1 Å². The zero-order valence-electron chi connectivity index (χ0n) is 17.3. The average molecular weight is 383 g/mol. The van der Waals surface area contributed by atoms with E-state index in [4.69, 9.17) is 4.74 Å². The Morgan fingerprint density at radius 2 is 1.71 bits per heavy atom. The first-order valence-corrected chi connectivity index (χ1v) is 9.69. The summed E-state index contributed by atoms with van der Waals surface area (Å²) in [6.45, 7) is 10.8. The van der Waals surface area contributed by atoms with Crippen molar-refractivity contribution in [2.45, 2.75) is 47.2 Å². The molecule has 2 rings (SSSR count). The molecule has 0 aliphatic carbocycles. The number of aryl methyl sites for hydroxylation is 2. The van der Waals surface area contributed by atoms with Crippen molar-refractivity contribution in [3.8, 4) is 5.75 Å². The predicted octanol–water partition coefficient (Wildman–Crippen LogP) is 3.77. The molecule has 2 aromatic carbocycles.